The van der Waals surface area contributed by atoms with Gasteiger partial charge in [-0.25, -0.2) is 4.79 Å². The second-order valence-corrected chi connectivity index (χ2v) is 6.23. The maximum atomic E-state index is 11.5. The van der Waals surface area contributed by atoms with Crippen LogP contribution < -0.4 is 5.32 Å². The third-order valence-corrected chi connectivity index (χ3v) is 2.97. The Morgan fingerprint density at radius 3 is 2.38 bits per heavy atom. The minimum atomic E-state index is -0.497. The van der Waals surface area contributed by atoms with E-state index < -0.39 is 11.7 Å². The van der Waals surface area contributed by atoms with Crippen LogP contribution in [0.4, 0.5) is 4.79 Å². The van der Waals surface area contributed by atoms with E-state index in [1.165, 1.54) is 0 Å². The summed E-state index contributed by atoms with van der Waals surface area (Å²) in [5.74, 6) is 0.352. The molecule has 2 N–H and O–H groups in total. The van der Waals surface area contributed by atoms with Crippen molar-refractivity contribution in [2.24, 2.45) is 11.3 Å². The van der Waals surface area contributed by atoms with Crippen molar-refractivity contribution >= 4 is 6.09 Å². The van der Waals surface area contributed by atoms with Gasteiger partial charge < -0.3 is 15.2 Å². The van der Waals surface area contributed by atoms with Crippen molar-refractivity contribution in [2.45, 2.75) is 52.7 Å². The fourth-order valence-corrected chi connectivity index (χ4v) is 1.93. The zero-order chi connectivity index (χ0) is 12.6. The largest absolute Gasteiger partial charge is 0.444 e. The highest BCUT2D eigenvalue weighted by molar-refractivity contribution is 5.68. The Morgan fingerprint density at radius 2 is 2.06 bits per heavy atom. The number of aliphatic hydroxyl groups is 1. The fourth-order valence-electron chi connectivity index (χ4n) is 1.93. The summed E-state index contributed by atoms with van der Waals surface area (Å²) in [4.78, 5) is 11.5. The van der Waals surface area contributed by atoms with Crippen LogP contribution in [0, 0.1) is 11.3 Å². The van der Waals surface area contributed by atoms with Gasteiger partial charge in [-0.15, -0.1) is 0 Å². The zero-order valence-electron chi connectivity index (χ0n) is 10.8. The number of hydrogen-bond acceptors (Lipinski definition) is 3. The summed E-state index contributed by atoms with van der Waals surface area (Å²) in [6.45, 7) is 9.70. The summed E-state index contributed by atoms with van der Waals surface area (Å²) in [5, 5.41) is 12.0. The number of amides is 1. The lowest BCUT2D eigenvalue weighted by molar-refractivity contribution is 0.0468. The summed E-state index contributed by atoms with van der Waals surface area (Å²) in [6.07, 6.45) is 0.586. The topological polar surface area (TPSA) is 58.6 Å². The summed E-state index contributed by atoms with van der Waals surface area (Å²) in [5.41, 5.74) is -0.272. The van der Waals surface area contributed by atoms with Crippen LogP contribution in [0.25, 0.3) is 0 Å². The molecule has 4 heteroatoms. The zero-order valence-corrected chi connectivity index (χ0v) is 10.8. The van der Waals surface area contributed by atoms with Gasteiger partial charge in [0.15, 0.2) is 0 Å². The highest BCUT2D eigenvalue weighted by atomic mass is 16.6. The predicted octanol–water partition coefficient (Wildman–Crippen LogP) is 1.92. The number of nitrogens with one attached hydrogen (secondary N) is 1. The molecule has 2 atom stereocenters. The molecule has 0 aliphatic heterocycles. The Balaban J connectivity index is 2.43. The molecule has 94 valence electrons. The van der Waals surface area contributed by atoms with Gasteiger partial charge in [0.05, 0.1) is 12.6 Å². The average Bonchev–Trinajstić information content (AvgIpc) is 2.67. The Morgan fingerprint density at radius 1 is 1.56 bits per heavy atom. The smallest absolute Gasteiger partial charge is 0.407 e. The van der Waals surface area contributed by atoms with Crippen molar-refractivity contribution in [2.75, 3.05) is 6.61 Å². The number of aliphatic hydroxyl groups excluding tert-OH is 1. The van der Waals surface area contributed by atoms with Crippen LogP contribution in [0.5, 0.6) is 0 Å². The van der Waals surface area contributed by atoms with Crippen LogP contribution in [-0.4, -0.2) is 29.4 Å². The Hall–Kier alpha value is -0.770. The molecule has 0 aromatic rings. The molecule has 0 saturated heterocycles. The molecule has 1 rings (SSSR count). The second kappa shape index (κ2) is 4.24. The van der Waals surface area contributed by atoms with Crippen molar-refractivity contribution in [3.8, 4) is 0 Å². The number of carbonyl (C=O) groups is 1. The molecule has 4 nitrogen and oxygen atoms in total. The Labute approximate surface area is 97.4 Å². The molecular formula is C12H23NO3. The van der Waals surface area contributed by atoms with Crippen molar-refractivity contribution in [1.29, 1.82) is 0 Å². The number of alkyl carbamates (subject to hydrolysis) is 1. The first-order valence-electron chi connectivity index (χ1n) is 5.76. The monoisotopic (exact) mass is 229 g/mol. The van der Waals surface area contributed by atoms with Gasteiger partial charge in [-0.05, 0) is 38.5 Å². The number of ether oxygens (including phenoxy) is 1. The maximum absolute atomic E-state index is 11.5. The summed E-state index contributed by atoms with van der Waals surface area (Å²) in [7, 11) is 0. The van der Waals surface area contributed by atoms with E-state index >= 15 is 0 Å². The third kappa shape index (κ3) is 3.67. The van der Waals surface area contributed by atoms with E-state index in [2.05, 4.69) is 19.2 Å². The number of carbonyl (C=O) groups excluding carboxylic acids is 1. The van der Waals surface area contributed by atoms with Crippen LogP contribution in [0.2, 0.25) is 0 Å². The lowest BCUT2D eigenvalue weighted by atomic mass is 10.0. The normalized spacial score (nSPS) is 24.8. The van der Waals surface area contributed by atoms with Crippen LogP contribution in [0.1, 0.15) is 41.0 Å². The molecule has 1 fully saturated rings. The first kappa shape index (κ1) is 13.3. The van der Waals surface area contributed by atoms with Gasteiger partial charge in [0, 0.05) is 0 Å². The van der Waals surface area contributed by atoms with E-state index in [9.17, 15) is 9.90 Å². The predicted molar refractivity (Wildman–Crippen MR) is 62.1 cm³/mol. The first-order chi connectivity index (χ1) is 7.15. The summed E-state index contributed by atoms with van der Waals surface area (Å²) in [6, 6.07) is -0.190. The minimum absolute atomic E-state index is 0.0344. The van der Waals surface area contributed by atoms with E-state index in [1.54, 1.807) is 0 Å². The van der Waals surface area contributed by atoms with Crippen LogP contribution in [0.15, 0.2) is 0 Å². The summed E-state index contributed by atoms with van der Waals surface area (Å²) >= 11 is 0. The fraction of sp³-hybridized carbons (Fsp3) is 0.917. The molecule has 0 aromatic carbocycles. The third-order valence-electron chi connectivity index (χ3n) is 2.97. The molecule has 0 bridgehead atoms. The highest BCUT2D eigenvalue weighted by Gasteiger charge is 2.50. The van der Waals surface area contributed by atoms with Gasteiger partial charge in [-0.1, -0.05) is 13.8 Å². The number of hydrogen-bond donors (Lipinski definition) is 2. The van der Waals surface area contributed by atoms with Gasteiger partial charge in [-0.3, -0.25) is 0 Å². The molecule has 1 aliphatic rings. The van der Waals surface area contributed by atoms with Crippen molar-refractivity contribution in [3.63, 3.8) is 0 Å². The van der Waals surface area contributed by atoms with E-state index in [1.807, 2.05) is 20.8 Å². The number of rotatable bonds is 3. The molecule has 0 heterocycles. The molecule has 0 spiro atoms. The van der Waals surface area contributed by atoms with E-state index in [-0.39, 0.29) is 18.1 Å². The maximum Gasteiger partial charge on any atom is 0.407 e. The lowest BCUT2D eigenvalue weighted by Gasteiger charge is -2.23. The lowest BCUT2D eigenvalue weighted by Crippen LogP contribution is -2.43. The van der Waals surface area contributed by atoms with Crippen molar-refractivity contribution < 1.29 is 14.6 Å². The van der Waals surface area contributed by atoms with Gasteiger partial charge >= 0.3 is 6.09 Å². The van der Waals surface area contributed by atoms with Gasteiger partial charge in [-0.2, -0.15) is 0 Å². The Bertz CT molecular complexity index is 268. The van der Waals surface area contributed by atoms with E-state index in [4.69, 9.17) is 4.74 Å². The average molecular weight is 229 g/mol. The van der Waals surface area contributed by atoms with Gasteiger partial charge in [0.2, 0.25) is 0 Å². The molecule has 2 unspecified atom stereocenters. The molecule has 1 amide bonds. The molecule has 1 saturated carbocycles. The highest BCUT2D eigenvalue weighted by Crippen LogP contribution is 2.53. The molecular weight excluding hydrogens is 206 g/mol. The standard InChI is InChI=1S/C12H23NO3/c1-11(2,3)16-10(15)13-9(7-14)8-6-12(8,4)5/h8-9,14H,6-7H2,1-5H3,(H,13,15). The molecule has 0 aromatic heterocycles. The van der Waals surface area contributed by atoms with Gasteiger partial charge in [0.25, 0.3) is 0 Å². The van der Waals surface area contributed by atoms with E-state index in [0.29, 0.717) is 5.92 Å². The molecule has 0 radical (unpaired) electrons. The summed E-state index contributed by atoms with van der Waals surface area (Å²) < 4.78 is 5.15. The molecule has 16 heavy (non-hydrogen) atoms. The van der Waals surface area contributed by atoms with Crippen LogP contribution in [-0.2, 0) is 4.74 Å². The van der Waals surface area contributed by atoms with Crippen LogP contribution in [0.3, 0.4) is 0 Å². The quantitative estimate of drug-likeness (QED) is 0.777. The van der Waals surface area contributed by atoms with Crippen molar-refractivity contribution in [3.05, 3.63) is 0 Å². The second-order valence-electron chi connectivity index (χ2n) is 6.23. The SMILES string of the molecule is CC(C)(C)OC(=O)NC(CO)C1CC1(C)C. The van der Waals surface area contributed by atoms with E-state index in [0.717, 1.165) is 6.42 Å². The van der Waals surface area contributed by atoms with Crippen molar-refractivity contribution in [1.82, 2.24) is 5.32 Å². The molecule has 1 aliphatic carbocycles. The first-order valence-corrected chi connectivity index (χ1v) is 5.76. The minimum Gasteiger partial charge on any atom is -0.444 e. The Kier molecular flexibility index (Phi) is 3.53. The van der Waals surface area contributed by atoms with Gasteiger partial charge in [0.1, 0.15) is 5.60 Å². The van der Waals surface area contributed by atoms with Crippen LogP contribution >= 0.6 is 0 Å².